The van der Waals surface area contributed by atoms with E-state index in [1.165, 1.54) is 13.0 Å². The third-order valence-electron chi connectivity index (χ3n) is 11.1. The first kappa shape index (κ1) is 47.4. The molecule has 8 N–H and O–H groups in total. The van der Waals surface area contributed by atoms with Gasteiger partial charge in [-0.2, -0.15) is 0 Å². The zero-order chi connectivity index (χ0) is 45.1. The topological polar surface area (TPSA) is 209 Å². The van der Waals surface area contributed by atoms with Gasteiger partial charge in [-0.15, -0.1) is 6.58 Å². The third-order valence-corrected chi connectivity index (χ3v) is 11.1. The molecule has 0 aromatic heterocycles. The van der Waals surface area contributed by atoms with Gasteiger partial charge in [-0.05, 0) is 108 Å². The first-order valence-electron chi connectivity index (χ1n) is 21.7. The molecule has 5 rings (SSSR count). The van der Waals surface area contributed by atoms with Gasteiger partial charge in [0.2, 0.25) is 11.8 Å². The molecule has 330 valence electrons. The Morgan fingerprint density at radius 2 is 1.33 bits per heavy atom. The second-order valence-corrected chi connectivity index (χ2v) is 16.0. The number of amides is 2. The summed E-state index contributed by atoms with van der Waals surface area (Å²) < 4.78 is 5.52. The summed E-state index contributed by atoms with van der Waals surface area (Å²) in [6, 6.07) is 34.0. The lowest BCUT2D eigenvalue weighted by Gasteiger charge is -2.25. The lowest BCUT2D eigenvalue weighted by Crippen LogP contribution is -2.47. The van der Waals surface area contributed by atoms with Crippen molar-refractivity contribution in [1.82, 2.24) is 10.6 Å². The van der Waals surface area contributed by atoms with Gasteiger partial charge < -0.3 is 37.4 Å². The fraction of sp³-hybridized carbons (Fsp3) is 0.333. The number of ketones is 2. The van der Waals surface area contributed by atoms with Gasteiger partial charge in [-0.1, -0.05) is 109 Å². The van der Waals surface area contributed by atoms with Crippen LogP contribution in [0.25, 0.3) is 32.7 Å². The number of unbranched alkanes of at least 4 members (excludes halogenated alkanes) is 1. The number of nitrogens with one attached hydrogen (secondary N) is 2. The minimum atomic E-state index is -1.04. The largest absolute Gasteiger partial charge is 0.459 e. The molecular weight excluding hydrogens is 793 g/mol. The molecule has 0 bridgehead atoms. The monoisotopic (exact) mass is 852 g/mol. The van der Waals surface area contributed by atoms with Gasteiger partial charge in [0.15, 0.2) is 11.7 Å². The summed E-state index contributed by atoms with van der Waals surface area (Å²) in [4.78, 5) is 72.1. The van der Waals surface area contributed by atoms with E-state index >= 15 is 0 Å². The molecule has 5 aromatic rings. The van der Waals surface area contributed by atoms with Crippen LogP contribution in [0.2, 0.25) is 0 Å². The van der Waals surface area contributed by atoms with Crippen molar-refractivity contribution in [1.29, 1.82) is 0 Å². The van der Waals surface area contributed by atoms with E-state index in [2.05, 4.69) is 52.5 Å². The molecule has 0 heterocycles. The minimum absolute atomic E-state index is 0.0201. The van der Waals surface area contributed by atoms with E-state index in [1.54, 1.807) is 0 Å². The molecule has 12 nitrogen and oxygen atoms in total. The summed E-state index contributed by atoms with van der Waals surface area (Å²) in [5, 5.41) is 10.3. The van der Waals surface area contributed by atoms with Gasteiger partial charge in [-0.25, -0.2) is 4.79 Å². The number of nitrogens with zero attached hydrogens (tertiary/aromatic N) is 1. The van der Waals surface area contributed by atoms with Crippen molar-refractivity contribution in [2.45, 2.75) is 83.4 Å². The number of aliphatic imine (C=N–C) groups is 1. The summed E-state index contributed by atoms with van der Waals surface area (Å²) >= 11 is 0. The summed E-state index contributed by atoms with van der Waals surface area (Å²) in [5.41, 5.74) is 20.7. The molecule has 12 heteroatoms. The van der Waals surface area contributed by atoms with Crippen LogP contribution in [0, 0.1) is 11.8 Å². The molecule has 63 heavy (non-hydrogen) atoms. The highest BCUT2D eigenvalue weighted by molar-refractivity contribution is 6.12. The van der Waals surface area contributed by atoms with Gasteiger partial charge in [-0.3, -0.25) is 19.4 Å². The van der Waals surface area contributed by atoms with E-state index in [-0.39, 0.29) is 69.2 Å². The van der Waals surface area contributed by atoms with Crippen molar-refractivity contribution < 1.29 is 28.7 Å². The summed E-state index contributed by atoms with van der Waals surface area (Å²) in [5.74, 6) is -3.86. The van der Waals surface area contributed by atoms with E-state index in [0.29, 0.717) is 25.8 Å². The van der Waals surface area contributed by atoms with Crippen LogP contribution in [0.3, 0.4) is 0 Å². The molecule has 0 fully saturated rings. The number of benzene rings is 5. The van der Waals surface area contributed by atoms with Gasteiger partial charge in [0.25, 0.3) is 0 Å². The number of carbonyl (C=O) groups is 5. The van der Waals surface area contributed by atoms with E-state index in [9.17, 15) is 24.0 Å². The van der Waals surface area contributed by atoms with Crippen LogP contribution in [0.5, 0.6) is 0 Å². The highest BCUT2D eigenvalue weighted by Crippen LogP contribution is 2.36. The number of Topliss-reactive ketones (excluding diaryl/α,β-unsaturated/α-hetero) is 2. The van der Waals surface area contributed by atoms with Gasteiger partial charge in [0.1, 0.15) is 18.4 Å². The van der Waals surface area contributed by atoms with E-state index in [1.807, 2.05) is 78.9 Å². The van der Waals surface area contributed by atoms with Crippen LogP contribution >= 0.6 is 0 Å². The van der Waals surface area contributed by atoms with Crippen molar-refractivity contribution in [2.24, 2.45) is 34.0 Å². The van der Waals surface area contributed by atoms with Gasteiger partial charge in [0.05, 0.1) is 6.04 Å². The van der Waals surface area contributed by atoms with Crippen molar-refractivity contribution in [2.75, 3.05) is 13.1 Å². The predicted molar refractivity (Wildman–Crippen MR) is 250 cm³/mol. The molecule has 4 atom stereocenters. The Balaban J connectivity index is 1.33. The summed E-state index contributed by atoms with van der Waals surface area (Å²) in [7, 11) is 0. The van der Waals surface area contributed by atoms with E-state index in [4.69, 9.17) is 21.9 Å². The van der Waals surface area contributed by atoms with Crippen LogP contribution in [0.15, 0.2) is 127 Å². The van der Waals surface area contributed by atoms with Gasteiger partial charge >= 0.3 is 5.97 Å². The zero-order valence-corrected chi connectivity index (χ0v) is 36.1. The average Bonchev–Trinajstić information content (AvgIpc) is 3.28. The first-order valence-corrected chi connectivity index (χ1v) is 21.7. The van der Waals surface area contributed by atoms with Crippen molar-refractivity contribution in [3.63, 3.8) is 0 Å². The number of ether oxygens (including phenoxy) is 1. The Kier molecular flexibility index (Phi) is 18.1. The van der Waals surface area contributed by atoms with Crippen LogP contribution < -0.4 is 27.8 Å². The number of esters is 1. The minimum Gasteiger partial charge on any atom is -0.459 e. The highest BCUT2D eigenvalue weighted by Gasteiger charge is 2.32. The molecule has 5 aromatic carbocycles. The van der Waals surface area contributed by atoms with Crippen LogP contribution in [-0.2, 0) is 41.7 Å². The van der Waals surface area contributed by atoms with Crippen molar-refractivity contribution >= 4 is 56.9 Å². The van der Waals surface area contributed by atoms with Crippen molar-refractivity contribution in [3.05, 3.63) is 133 Å². The molecule has 0 aliphatic rings. The zero-order valence-electron chi connectivity index (χ0n) is 36.1. The Morgan fingerprint density at radius 1 is 0.714 bits per heavy atom. The smallest absolute Gasteiger partial charge is 0.329 e. The molecule has 0 saturated heterocycles. The Labute approximate surface area is 369 Å². The molecule has 0 unspecified atom stereocenters. The molecule has 0 spiro atoms. The Bertz CT molecular complexity index is 2320. The molecule has 0 aliphatic carbocycles. The predicted octanol–water partition coefficient (Wildman–Crippen LogP) is 6.84. The standard InChI is InChI=1S/C51H60N6O6/c1-3-14-45(50(62)63-33-36-15-5-4-6-16-36)57-48(60)40(19-13-28-55-51(53)54)32-46(59)44(22-11-12-27-52)56-49(61)41(29-34(2)58)30-35-23-25-37(26-24-35)47-42-20-9-7-17-38(42)31-39-18-8-10-21-43(39)47/h3-10,15-18,20-21,23-26,31,40-41,44-45H,1,11-14,19,22,27-30,32-33,52H2,2H3,(H,56,61)(H,57,60)(H4,53,54,55)/t40-,41-,44+,45-/m0/s1. The van der Waals surface area contributed by atoms with E-state index < -0.39 is 41.7 Å². The number of hydrogen-bond donors (Lipinski definition) is 5. The second kappa shape index (κ2) is 24.1. The number of rotatable bonds is 25. The normalized spacial score (nSPS) is 13.0. The number of guanidine groups is 1. The SMILES string of the molecule is C=CC[C@H](NC(=O)[C@@H](CCCN=C(N)N)CC(=O)[C@@H](CCCCN)NC(=O)[C@@H](CC(C)=O)Cc1ccc(-c2c3ccccc3cc3ccccc23)cc1)C(=O)OCc1ccccc1. The second-order valence-electron chi connectivity index (χ2n) is 16.0. The van der Waals surface area contributed by atoms with Crippen molar-refractivity contribution in [3.8, 4) is 11.1 Å². The lowest BCUT2D eigenvalue weighted by molar-refractivity contribution is -0.149. The first-order chi connectivity index (χ1) is 30.5. The Morgan fingerprint density at radius 3 is 1.95 bits per heavy atom. The number of carbonyl (C=O) groups excluding carboxylic acids is 5. The molecule has 0 radical (unpaired) electrons. The lowest BCUT2D eigenvalue weighted by atomic mass is 9.89. The number of hydrogen-bond acceptors (Lipinski definition) is 8. The fourth-order valence-corrected chi connectivity index (χ4v) is 7.87. The number of nitrogens with two attached hydrogens (primary N) is 3. The number of fused-ring (bicyclic) bond motifs is 2. The average molecular weight is 853 g/mol. The van der Waals surface area contributed by atoms with Gasteiger partial charge in [0, 0.05) is 31.2 Å². The van der Waals surface area contributed by atoms with Crippen LogP contribution in [0.1, 0.15) is 69.4 Å². The van der Waals surface area contributed by atoms with Crippen LogP contribution in [-0.4, -0.2) is 60.5 Å². The maximum atomic E-state index is 14.2. The summed E-state index contributed by atoms with van der Waals surface area (Å²) in [6.45, 7) is 5.82. The fourth-order valence-electron chi connectivity index (χ4n) is 7.87. The quantitative estimate of drug-likeness (QED) is 0.0104. The maximum Gasteiger partial charge on any atom is 0.329 e. The Hall–Kier alpha value is -6.66. The van der Waals surface area contributed by atoms with Crippen LogP contribution in [0.4, 0.5) is 0 Å². The maximum absolute atomic E-state index is 14.2. The highest BCUT2D eigenvalue weighted by atomic mass is 16.5. The molecule has 0 aliphatic heterocycles. The molecular formula is C51H60N6O6. The summed E-state index contributed by atoms with van der Waals surface area (Å²) in [6.07, 6.45) is 3.67. The molecule has 0 saturated carbocycles. The molecule has 2 amide bonds. The van der Waals surface area contributed by atoms with E-state index in [0.717, 1.165) is 43.8 Å². The third kappa shape index (κ3) is 14.2.